The van der Waals surface area contributed by atoms with Crippen LogP contribution < -0.4 is 16.0 Å². The molecule has 16 heavy (non-hydrogen) atoms. The number of nitriles is 1. The zero-order valence-electron chi connectivity index (χ0n) is 9.15. The Morgan fingerprint density at radius 1 is 1.44 bits per heavy atom. The first-order valence-electron chi connectivity index (χ1n) is 4.70. The molecule has 0 unspecified atom stereocenters. The Balaban J connectivity index is 2.81. The second kappa shape index (κ2) is 4.64. The largest absolute Gasteiger partial charge is 0.478 e. The molecule has 1 aromatic rings. The molecule has 0 heterocycles. The van der Waals surface area contributed by atoms with Gasteiger partial charge in [-0.25, -0.2) is 5.84 Å². The predicted octanol–water partition coefficient (Wildman–Crippen LogP) is 0.706. The Bertz CT molecular complexity index is 418. The number of benzene rings is 1. The van der Waals surface area contributed by atoms with E-state index in [1.54, 1.807) is 38.1 Å². The van der Waals surface area contributed by atoms with E-state index in [9.17, 15) is 4.79 Å². The van der Waals surface area contributed by atoms with E-state index in [1.165, 1.54) is 0 Å². The normalized spacial score (nSPS) is 10.4. The number of hydrazine groups is 1. The Labute approximate surface area is 93.8 Å². The van der Waals surface area contributed by atoms with Crippen LogP contribution >= 0.6 is 0 Å². The van der Waals surface area contributed by atoms with Gasteiger partial charge in [0.2, 0.25) is 0 Å². The molecule has 0 spiro atoms. The molecule has 0 radical (unpaired) electrons. The minimum absolute atomic E-state index is 0.420. The number of hydrogen-bond donors (Lipinski definition) is 2. The maximum atomic E-state index is 11.3. The lowest BCUT2D eigenvalue weighted by atomic mass is 10.1. The second-order valence-electron chi connectivity index (χ2n) is 3.72. The first-order chi connectivity index (χ1) is 7.49. The number of nitrogens with one attached hydrogen (secondary N) is 1. The molecule has 3 N–H and O–H groups in total. The van der Waals surface area contributed by atoms with Gasteiger partial charge in [-0.2, -0.15) is 5.26 Å². The molecule has 0 aliphatic heterocycles. The van der Waals surface area contributed by atoms with Crippen LogP contribution in [0.25, 0.3) is 0 Å². The van der Waals surface area contributed by atoms with Gasteiger partial charge in [0.05, 0.1) is 11.6 Å². The fraction of sp³-hybridized carbons (Fsp3) is 0.273. The van der Waals surface area contributed by atoms with Crippen LogP contribution in [0.3, 0.4) is 0 Å². The Hall–Kier alpha value is -2.06. The van der Waals surface area contributed by atoms with Gasteiger partial charge in [-0.15, -0.1) is 0 Å². The summed E-state index contributed by atoms with van der Waals surface area (Å²) in [4.78, 5) is 11.3. The van der Waals surface area contributed by atoms with Gasteiger partial charge in [0, 0.05) is 0 Å². The summed E-state index contributed by atoms with van der Waals surface area (Å²) in [6, 6.07) is 8.49. The van der Waals surface area contributed by atoms with Crippen LogP contribution in [-0.2, 0) is 4.79 Å². The summed E-state index contributed by atoms with van der Waals surface area (Å²) < 4.78 is 5.45. The quantitative estimate of drug-likeness (QED) is 0.445. The number of ether oxygens (including phenoxy) is 1. The number of rotatable bonds is 3. The molecule has 5 heteroatoms. The van der Waals surface area contributed by atoms with E-state index < -0.39 is 11.5 Å². The molecule has 1 amide bonds. The average Bonchev–Trinajstić information content (AvgIpc) is 2.28. The number of nitrogens with two attached hydrogens (primary N) is 1. The van der Waals surface area contributed by atoms with Crippen LogP contribution in [0, 0.1) is 11.3 Å². The molecule has 84 valence electrons. The van der Waals surface area contributed by atoms with Gasteiger partial charge in [0.25, 0.3) is 5.91 Å². The fourth-order valence-electron chi connectivity index (χ4n) is 1.11. The maximum absolute atomic E-state index is 11.3. The van der Waals surface area contributed by atoms with Crippen molar-refractivity contribution < 1.29 is 9.53 Å². The number of carbonyl (C=O) groups is 1. The van der Waals surface area contributed by atoms with Crippen molar-refractivity contribution in [3.8, 4) is 11.8 Å². The number of hydrogen-bond acceptors (Lipinski definition) is 4. The number of nitrogens with zero attached hydrogens (tertiary/aromatic N) is 1. The van der Waals surface area contributed by atoms with Crippen molar-refractivity contribution >= 4 is 5.91 Å². The van der Waals surface area contributed by atoms with E-state index >= 15 is 0 Å². The van der Waals surface area contributed by atoms with E-state index in [0.717, 1.165) is 0 Å². The van der Waals surface area contributed by atoms with Crippen molar-refractivity contribution in [1.82, 2.24) is 5.43 Å². The molecule has 0 atom stereocenters. The molecule has 5 nitrogen and oxygen atoms in total. The molecule has 0 fully saturated rings. The Kier molecular flexibility index (Phi) is 3.48. The minimum atomic E-state index is -1.05. The predicted molar refractivity (Wildman–Crippen MR) is 58.2 cm³/mol. The standard InChI is InChI=1S/C11H13N3O2/c1-11(2,10(15)14-13)16-9-5-3-8(7-12)4-6-9/h3-6H,13H2,1-2H3,(H,14,15). The lowest BCUT2D eigenvalue weighted by molar-refractivity contribution is -0.134. The van der Waals surface area contributed by atoms with Gasteiger partial charge >= 0.3 is 0 Å². The third-order valence-corrected chi connectivity index (χ3v) is 2.03. The van der Waals surface area contributed by atoms with Crippen molar-refractivity contribution in [1.29, 1.82) is 5.26 Å². The molecule has 0 aliphatic carbocycles. The zero-order valence-corrected chi connectivity index (χ0v) is 9.15. The summed E-state index contributed by atoms with van der Waals surface area (Å²) in [7, 11) is 0. The zero-order chi connectivity index (χ0) is 12.2. The van der Waals surface area contributed by atoms with Crippen molar-refractivity contribution in [3.63, 3.8) is 0 Å². The number of carbonyl (C=O) groups excluding carboxylic acids is 1. The first-order valence-corrected chi connectivity index (χ1v) is 4.70. The monoisotopic (exact) mass is 219 g/mol. The minimum Gasteiger partial charge on any atom is -0.478 e. The Morgan fingerprint density at radius 3 is 2.44 bits per heavy atom. The first kappa shape index (κ1) is 12.0. The highest BCUT2D eigenvalue weighted by atomic mass is 16.5. The third-order valence-electron chi connectivity index (χ3n) is 2.03. The van der Waals surface area contributed by atoms with E-state index in [1.807, 2.05) is 11.5 Å². The van der Waals surface area contributed by atoms with Crippen LogP contribution in [0.4, 0.5) is 0 Å². The highest BCUT2D eigenvalue weighted by molar-refractivity contribution is 5.84. The Morgan fingerprint density at radius 2 is 2.00 bits per heavy atom. The number of amides is 1. The van der Waals surface area contributed by atoms with Crippen molar-refractivity contribution in [2.75, 3.05) is 0 Å². The molecular weight excluding hydrogens is 206 g/mol. The maximum Gasteiger partial charge on any atom is 0.277 e. The van der Waals surface area contributed by atoms with E-state index in [-0.39, 0.29) is 0 Å². The summed E-state index contributed by atoms with van der Waals surface area (Å²) in [5, 5.41) is 8.62. The highest BCUT2D eigenvalue weighted by Gasteiger charge is 2.29. The van der Waals surface area contributed by atoms with Crippen LogP contribution in [0.15, 0.2) is 24.3 Å². The van der Waals surface area contributed by atoms with Gasteiger partial charge in [-0.3, -0.25) is 10.2 Å². The van der Waals surface area contributed by atoms with Gasteiger partial charge in [0.1, 0.15) is 5.75 Å². The van der Waals surface area contributed by atoms with Crippen LogP contribution in [0.2, 0.25) is 0 Å². The SMILES string of the molecule is CC(C)(Oc1ccc(C#N)cc1)C(=O)NN. The van der Waals surface area contributed by atoms with Crippen LogP contribution in [0.1, 0.15) is 19.4 Å². The molecule has 1 rings (SSSR count). The molecule has 0 saturated heterocycles. The van der Waals surface area contributed by atoms with Crippen molar-refractivity contribution in [3.05, 3.63) is 29.8 Å². The summed E-state index contributed by atoms with van der Waals surface area (Å²) in [5.74, 6) is 5.12. The molecular formula is C11H13N3O2. The van der Waals surface area contributed by atoms with Gasteiger partial charge in [0.15, 0.2) is 5.60 Å². The summed E-state index contributed by atoms with van der Waals surface area (Å²) >= 11 is 0. The molecule has 1 aromatic carbocycles. The van der Waals surface area contributed by atoms with E-state index in [4.69, 9.17) is 15.8 Å². The van der Waals surface area contributed by atoms with Crippen LogP contribution in [0.5, 0.6) is 5.75 Å². The van der Waals surface area contributed by atoms with E-state index in [0.29, 0.717) is 11.3 Å². The lowest BCUT2D eigenvalue weighted by Crippen LogP contribution is -2.49. The smallest absolute Gasteiger partial charge is 0.277 e. The van der Waals surface area contributed by atoms with Gasteiger partial charge in [-0.05, 0) is 38.1 Å². The molecule has 0 saturated carbocycles. The summed E-state index contributed by atoms with van der Waals surface area (Å²) in [6.45, 7) is 3.21. The van der Waals surface area contributed by atoms with Crippen molar-refractivity contribution in [2.45, 2.75) is 19.4 Å². The van der Waals surface area contributed by atoms with Crippen LogP contribution in [-0.4, -0.2) is 11.5 Å². The molecule has 0 aliphatic rings. The third kappa shape index (κ3) is 2.72. The van der Waals surface area contributed by atoms with E-state index in [2.05, 4.69) is 0 Å². The van der Waals surface area contributed by atoms with Crippen molar-refractivity contribution in [2.24, 2.45) is 5.84 Å². The summed E-state index contributed by atoms with van der Waals surface area (Å²) in [6.07, 6.45) is 0. The second-order valence-corrected chi connectivity index (χ2v) is 3.72. The average molecular weight is 219 g/mol. The lowest BCUT2D eigenvalue weighted by Gasteiger charge is -2.24. The summed E-state index contributed by atoms with van der Waals surface area (Å²) in [5.41, 5.74) is 1.51. The topological polar surface area (TPSA) is 88.1 Å². The molecule has 0 aromatic heterocycles. The molecule has 0 bridgehead atoms. The van der Waals surface area contributed by atoms with Gasteiger partial charge in [-0.1, -0.05) is 0 Å². The van der Waals surface area contributed by atoms with Gasteiger partial charge < -0.3 is 4.74 Å². The fourth-order valence-corrected chi connectivity index (χ4v) is 1.11. The highest BCUT2D eigenvalue weighted by Crippen LogP contribution is 2.18.